The van der Waals surface area contributed by atoms with Crippen LogP contribution < -0.4 is 10.2 Å². The van der Waals surface area contributed by atoms with Crippen LogP contribution in [0.3, 0.4) is 0 Å². The molecule has 1 amide bonds. The lowest BCUT2D eigenvalue weighted by atomic mass is 10.2. The minimum atomic E-state index is -3.80. The minimum absolute atomic E-state index is 0.110. The summed E-state index contributed by atoms with van der Waals surface area (Å²) in [5, 5.41) is 2.92. The van der Waals surface area contributed by atoms with Crippen LogP contribution in [0.15, 0.2) is 23.1 Å². The molecule has 1 saturated heterocycles. The van der Waals surface area contributed by atoms with Crippen molar-refractivity contribution in [3.05, 3.63) is 23.8 Å². The number of carbonyl (C=O) groups is 1. The Morgan fingerprint density at radius 3 is 2.83 bits per heavy atom. The summed E-state index contributed by atoms with van der Waals surface area (Å²) < 4.78 is 41.0. The predicted octanol–water partition coefficient (Wildman–Crippen LogP) is 0.916. The van der Waals surface area contributed by atoms with Gasteiger partial charge in [0.15, 0.2) is 0 Å². The van der Waals surface area contributed by atoms with Crippen molar-refractivity contribution in [1.82, 2.24) is 9.62 Å². The Morgan fingerprint density at radius 1 is 1.42 bits per heavy atom. The number of likely N-dealkylation sites (N-methyl/N-ethyl adjacent to an activating group) is 1. The normalized spacial score (nSPS) is 24.4. The molecule has 0 unspecified atom stereocenters. The highest BCUT2D eigenvalue weighted by Gasteiger charge is 2.40. The minimum Gasteiger partial charge on any atom is -0.318 e. The summed E-state index contributed by atoms with van der Waals surface area (Å²) in [4.78, 5) is 13.4. The van der Waals surface area contributed by atoms with Gasteiger partial charge in [-0.2, -0.15) is 4.31 Å². The SMILES string of the molecule is CNC[C@@H]1C[C@H](F)CN1S(=O)(=O)c1ccc2c(c1)N(C(C)=O)CC2. The first kappa shape index (κ1) is 17.3. The third-order valence-corrected chi connectivity index (χ3v) is 6.61. The first-order valence-corrected chi connectivity index (χ1v) is 9.50. The van der Waals surface area contributed by atoms with E-state index in [2.05, 4.69) is 5.32 Å². The summed E-state index contributed by atoms with van der Waals surface area (Å²) in [6.45, 7) is 2.31. The van der Waals surface area contributed by atoms with Crippen LogP contribution in [0.2, 0.25) is 0 Å². The molecule has 8 heteroatoms. The molecule has 0 aromatic heterocycles. The smallest absolute Gasteiger partial charge is 0.243 e. The van der Waals surface area contributed by atoms with E-state index in [0.29, 0.717) is 25.2 Å². The maximum absolute atomic E-state index is 13.8. The van der Waals surface area contributed by atoms with Gasteiger partial charge in [-0.25, -0.2) is 12.8 Å². The summed E-state index contributed by atoms with van der Waals surface area (Å²) in [7, 11) is -2.08. The van der Waals surface area contributed by atoms with Crippen LogP contribution in [-0.4, -0.2) is 57.5 Å². The largest absolute Gasteiger partial charge is 0.318 e. The molecule has 1 aromatic carbocycles. The molecule has 0 radical (unpaired) electrons. The fourth-order valence-corrected chi connectivity index (χ4v) is 5.21. The number of benzene rings is 1. The number of rotatable bonds is 4. The highest BCUT2D eigenvalue weighted by molar-refractivity contribution is 7.89. The fourth-order valence-electron chi connectivity index (χ4n) is 3.53. The van der Waals surface area contributed by atoms with Gasteiger partial charge in [-0.3, -0.25) is 4.79 Å². The average Bonchev–Trinajstić information content (AvgIpc) is 3.10. The quantitative estimate of drug-likeness (QED) is 0.872. The molecule has 0 spiro atoms. The topological polar surface area (TPSA) is 69.7 Å². The van der Waals surface area contributed by atoms with Crippen molar-refractivity contribution in [3.8, 4) is 0 Å². The van der Waals surface area contributed by atoms with Crippen molar-refractivity contribution in [1.29, 1.82) is 0 Å². The number of nitrogens with zero attached hydrogens (tertiary/aromatic N) is 2. The van der Waals surface area contributed by atoms with E-state index >= 15 is 0 Å². The van der Waals surface area contributed by atoms with Crippen LogP contribution in [0.25, 0.3) is 0 Å². The summed E-state index contributed by atoms with van der Waals surface area (Å²) in [5.74, 6) is -0.110. The second-order valence-electron chi connectivity index (χ2n) is 6.33. The van der Waals surface area contributed by atoms with Crippen LogP contribution >= 0.6 is 0 Å². The molecule has 2 aliphatic rings. The van der Waals surface area contributed by atoms with Crippen LogP contribution in [0.4, 0.5) is 10.1 Å². The van der Waals surface area contributed by atoms with Gasteiger partial charge in [-0.15, -0.1) is 0 Å². The van der Waals surface area contributed by atoms with E-state index in [1.807, 2.05) is 0 Å². The summed E-state index contributed by atoms with van der Waals surface area (Å²) in [6, 6.07) is 4.45. The molecular formula is C16H22FN3O3S. The Bertz CT molecular complexity index is 753. The molecule has 24 heavy (non-hydrogen) atoms. The van der Waals surface area contributed by atoms with E-state index in [1.54, 1.807) is 30.1 Å². The molecule has 1 fully saturated rings. The van der Waals surface area contributed by atoms with Gasteiger partial charge in [0.1, 0.15) is 6.17 Å². The molecule has 132 valence electrons. The summed E-state index contributed by atoms with van der Waals surface area (Å²) in [5.41, 5.74) is 1.60. The van der Waals surface area contributed by atoms with Gasteiger partial charge in [-0.05, 0) is 37.6 Å². The second-order valence-corrected chi connectivity index (χ2v) is 8.22. The Kier molecular flexibility index (Phi) is 4.63. The van der Waals surface area contributed by atoms with Gasteiger partial charge in [-0.1, -0.05) is 6.07 Å². The van der Waals surface area contributed by atoms with E-state index in [9.17, 15) is 17.6 Å². The van der Waals surface area contributed by atoms with Crippen molar-refractivity contribution in [2.75, 3.05) is 31.6 Å². The number of nitrogens with one attached hydrogen (secondary N) is 1. The number of hydrogen-bond donors (Lipinski definition) is 1. The van der Waals surface area contributed by atoms with Crippen molar-refractivity contribution in [3.63, 3.8) is 0 Å². The standard InChI is InChI=1S/C16H22FN3O3S/c1-11(21)19-6-5-12-3-4-15(8-16(12)19)24(22,23)20-10-13(17)7-14(20)9-18-2/h3-4,8,13-14,18H,5-7,9-10H2,1-2H3/t13-,14-/m0/s1. The zero-order valence-electron chi connectivity index (χ0n) is 13.8. The van der Waals surface area contributed by atoms with E-state index < -0.39 is 22.2 Å². The number of halogens is 1. The summed E-state index contributed by atoms with van der Waals surface area (Å²) >= 11 is 0. The lowest BCUT2D eigenvalue weighted by Crippen LogP contribution is -2.40. The summed E-state index contributed by atoms with van der Waals surface area (Å²) in [6.07, 6.45) is -0.236. The van der Waals surface area contributed by atoms with Gasteiger partial charge in [0.25, 0.3) is 0 Å². The number of hydrogen-bond acceptors (Lipinski definition) is 4. The zero-order valence-corrected chi connectivity index (χ0v) is 14.6. The molecule has 2 aliphatic heterocycles. The third kappa shape index (κ3) is 2.94. The first-order valence-electron chi connectivity index (χ1n) is 8.06. The number of carbonyl (C=O) groups excluding carboxylic acids is 1. The lowest BCUT2D eigenvalue weighted by molar-refractivity contribution is -0.116. The molecule has 6 nitrogen and oxygen atoms in total. The zero-order chi connectivity index (χ0) is 17.5. The lowest BCUT2D eigenvalue weighted by Gasteiger charge is -2.24. The van der Waals surface area contributed by atoms with Crippen LogP contribution in [0.1, 0.15) is 18.9 Å². The Hall–Kier alpha value is -1.51. The predicted molar refractivity (Wildman–Crippen MR) is 89.3 cm³/mol. The number of fused-ring (bicyclic) bond motifs is 1. The Balaban J connectivity index is 1.96. The van der Waals surface area contributed by atoms with E-state index in [4.69, 9.17) is 0 Å². The van der Waals surface area contributed by atoms with Gasteiger partial charge < -0.3 is 10.2 Å². The highest BCUT2D eigenvalue weighted by atomic mass is 32.2. The molecule has 3 rings (SSSR count). The van der Waals surface area contributed by atoms with Gasteiger partial charge in [0.05, 0.1) is 4.90 Å². The fraction of sp³-hybridized carbons (Fsp3) is 0.562. The molecule has 0 saturated carbocycles. The van der Waals surface area contributed by atoms with Crippen molar-refractivity contribution < 1.29 is 17.6 Å². The molecular weight excluding hydrogens is 333 g/mol. The monoisotopic (exact) mass is 355 g/mol. The maximum atomic E-state index is 13.8. The maximum Gasteiger partial charge on any atom is 0.243 e. The van der Waals surface area contributed by atoms with Crippen LogP contribution in [0, 0.1) is 0 Å². The van der Waals surface area contributed by atoms with E-state index in [1.165, 1.54) is 11.2 Å². The van der Waals surface area contributed by atoms with E-state index in [-0.39, 0.29) is 23.8 Å². The average molecular weight is 355 g/mol. The van der Waals surface area contributed by atoms with Crippen molar-refractivity contribution >= 4 is 21.6 Å². The molecule has 1 N–H and O–H groups in total. The molecule has 2 heterocycles. The molecule has 0 aliphatic carbocycles. The van der Waals surface area contributed by atoms with Gasteiger partial charge in [0.2, 0.25) is 15.9 Å². The Morgan fingerprint density at radius 2 is 2.17 bits per heavy atom. The van der Waals surface area contributed by atoms with Gasteiger partial charge >= 0.3 is 0 Å². The van der Waals surface area contributed by atoms with Crippen LogP contribution in [-0.2, 0) is 21.2 Å². The number of amides is 1. The first-order chi connectivity index (χ1) is 11.3. The van der Waals surface area contributed by atoms with E-state index in [0.717, 1.165) is 5.56 Å². The van der Waals surface area contributed by atoms with Crippen molar-refractivity contribution in [2.45, 2.75) is 36.9 Å². The van der Waals surface area contributed by atoms with Crippen molar-refractivity contribution in [2.24, 2.45) is 0 Å². The number of alkyl halides is 1. The Labute approximate surface area is 141 Å². The highest BCUT2D eigenvalue weighted by Crippen LogP contribution is 2.33. The number of anilines is 1. The molecule has 2 atom stereocenters. The molecule has 1 aromatic rings. The molecule has 0 bridgehead atoms. The van der Waals surface area contributed by atoms with Crippen LogP contribution in [0.5, 0.6) is 0 Å². The second kappa shape index (κ2) is 6.42. The third-order valence-electron chi connectivity index (χ3n) is 4.69. The number of sulfonamides is 1. The van der Waals surface area contributed by atoms with Gasteiger partial charge in [0, 0.05) is 38.3 Å².